The average Bonchev–Trinajstić information content (AvgIpc) is 3.26. The molecule has 0 atom stereocenters. The van der Waals surface area contributed by atoms with Crippen LogP contribution in [0.2, 0.25) is 5.02 Å². The van der Waals surface area contributed by atoms with Gasteiger partial charge in [-0.1, -0.05) is 29.8 Å². The Morgan fingerprint density at radius 3 is 2.63 bits per heavy atom. The third kappa shape index (κ3) is 5.19. The van der Waals surface area contributed by atoms with Gasteiger partial charge in [0.1, 0.15) is 17.8 Å². The van der Waals surface area contributed by atoms with Crippen LogP contribution in [-0.2, 0) is 0 Å². The van der Waals surface area contributed by atoms with Crippen LogP contribution >= 0.6 is 11.6 Å². The van der Waals surface area contributed by atoms with Gasteiger partial charge in [-0.05, 0) is 25.2 Å². The van der Waals surface area contributed by atoms with E-state index in [2.05, 4.69) is 37.0 Å². The molecular weight excluding hydrogens is 478 g/mol. The van der Waals surface area contributed by atoms with Crippen LogP contribution in [0.1, 0.15) is 0 Å². The number of aromatic nitrogens is 4. The molecule has 4 aromatic rings. The number of nitrogens with one attached hydrogen (secondary N) is 1. The van der Waals surface area contributed by atoms with Gasteiger partial charge in [-0.25, -0.2) is 8.78 Å². The van der Waals surface area contributed by atoms with Gasteiger partial charge in [0.05, 0.1) is 5.69 Å². The third-order valence-electron chi connectivity index (χ3n) is 5.84. The summed E-state index contributed by atoms with van der Waals surface area (Å²) in [4.78, 5) is 13.3. The summed E-state index contributed by atoms with van der Waals surface area (Å²) in [6.45, 7) is 4.98. The lowest BCUT2D eigenvalue weighted by Gasteiger charge is -2.32. The van der Waals surface area contributed by atoms with Gasteiger partial charge in [-0.2, -0.15) is 15.1 Å². The number of rotatable bonds is 7. The van der Waals surface area contributed by atoms with Gasteiger partial charge >= 0.3 is 6.01 Å². The molecule has 182 valence electrons. The van der Waals surface area contributed by atoms with Crippen molar-refractivity contribution in [3.8, 4) is 28.9 Å². The fourth-order valence-corrected chi connectivity index (χ4v) is 4.11. The predicted molar refractivity (Wildman–Crippen MR) is 128 cm³/mol. The Hall–Kier alpha value is -3.34. The first-order chi connectivity index (χ1) is 17.0. The summed E-state index contributed by atoms with van der Waals surface area (Å²) in [5.41, 5.74) is 1.57. The van der Waals surface area contributed by atoms with Crippen LogP contribution in [0.5, 0.6) is 17.6 Å². The van der Waals surface area contributed by atoms with Crippen molar-refractivity contribution in [1.82, 2.24) is 30.0 Å². The second-order valence-corrected chi connectivity index (χ2v) is 8.67. The lowest BCUT2D eigenvalue weighted by Crippen LogP contribution is -2.45. The fraction of sp³-hybridized carbons (Fsp3) is 0.292. The van der Waals surface area contributed by atoms with Crippen LogP contribution in [-0.4, -0.2) is 76.3 Å². The number of H-pyrrole nitrogens is 1. The molecule has 2 aromatic heterocycles. The minimum Gasteiger partial charge on any atom is -0.476 e. The maximum absolute atomic E-state index is 14.2. The molecule has 0 unspecified atom stereocenters. The number of aromatic amines is 1. The van der Waals surface area contributed by atoms with E-state index in [1.807, 2.05) is 18.2 Å². The third-order valence-corrected chi connectivity index (χ3v) is 6.17. The summed E-state index contributed by atoms with van der Waals surface area (Å²) < 4.78 is 39.1. The molecule has 11 heteroatoms. The predicted octanol–water partition coefficient (Wildman–Crippen LogP) is 4.37. The minimum atomic E-state index is -0.870. The topological polar surface area (TPSA) is 79.4 Å². The van der Waals surface area contributed by atoms with Crippen molar-refractivity contribution in [3.05, 3.63) is 59.1 Å². The van der Waals surface area contributed by atoms with Gasteiger partial charge in [0.25, 0.3) is 0 Å². The molecule has 0 aliphatic carbocycles. The number of halogens is 3. The first-order valence-electron chi connectivity index (χ1n) is 11.2. The second kappa shape index (κ2) is 10.1. The van der Waals surface area contributed by atoms with Crippen LogP contribution in [0.4, 0.5) is 8.78 Å². The summed E-state index contributed by atoms with van der Waals surface area (Å²) in [5, 5.41) is 8.29. The van der Waals surface area contributed by atoms with Crippen LogP contribution in [0.3, 0.4) is 0 Å². The van der Waals surface area contributed by atoms with Gasteiger partial charge in [-0.15, -0.1) is 0 Å². The molecule has 3 heterocycles. The normalized spacial score (nSPS) is 15.0. The molecule has 0 bridgehead atoms. The van der Waals surface area contributed by atoms with Crippen molar-refractivity contribution in [2.75, 3.05) is 46.4 Å². The first-order valence-corrected chi connectivity index (χ1v) is 11.5. The fourth-order valence-electron chi connectivity index (χ4n) is 3.88. The van der Waals surface area contributed by atoms with Gasteiger partial charge in [0, 0.05) is 49.4 Å². The van der Waals surface area contributed by atoms with Crippen molar-refractivity contribution in [2.24, 2.45) is 0 Å². The highest BCUT2D eigenvalue weighted by molar-refractivity contribution is 6.33. The maximum atomic E-state index is 14.2. The minimum absolute atomic E-state index is 0.171. The van der Waals surface area contributed by atoms with E-state index in [9.17, 15) is 8.78 Å². The smallest absolute Gasteiger partial charge is 0.327 e. The van der Waals surface area contributed by atoms with Gasteiger partial charge in [-0.3, -0.25) is 10.00 Å². The Labute approximate surface area is 205 Å². The molecule has 35 heavy (non-hydrogen) atoms. The van der Waals surface area contributed by atoms with E-state index in [-0.39, 0.29) is 23.3 Å². The number of piperazine rings is 1. The molecule has 1 aliphatic heterocycles. The van der Waals surface area contributed by atoms with E-state index in [0.29, 0.717) is 34.8 Å². The number of hydrogen-bond acceptors (Lipinski definition) is 7. The first kappa shape index (κ1) is 23.4. The van der Waals surface area contributed by atoms with Crippen LogP contribution in [0.15, 0.2) is 42.5 Å². The van der Waals surface area contributed by atoms with E-state index in [1.54, 1.807) is 6.07 Å². The van der Waals surface area contributed by atoms with Crippen molar-refractivity contribution in [1.29, 1.82) is 0 Å². The molecule has 8 nitrogen and oxygen atoms in total. The van der Waals surface area contributed by atoms with Crippen molar-refractivity contribution < 1.29 is 18.3 Å². The maximum Gasteiger partial charge on any atom is 0.327 e. The quantitative estimate of drug-likeness (QED) is 0.403. The molecular formula is C24H23ClF2N6O2. The standard InChI is InChI=1S/C24H23ClF2N6O2/c1-32-8-10-33(11-9-32)12-13-34-23-20-21(16-4-2-3-5-17(16)25)30-31-22(20)28-24(29-23)35-19-7-6-15(26)14-18(19)27/h2-7,14H,8-13H2,1H3,(H,28,29,30,31). The lowest BCUT2D eigenvalue weighted by molar-refractivity contribution is 0.133. The number of fused-ring (bicyclic) bond motifs is 1. The summed E-state index contributed by atoms with van der Waals surface area (Å²) in [6, 6.07) is 10.1. The van der Waals surface area contributed by atoms with Crippen molar-refractivity contribution in [3.63, 3.8) is 0 Å². The van der Waals surface area contributed by atoms with E-state index in [0.717, 1.165) is 38.3 Å². The van der Waals surface area contributed by atoms with Gasteiger partial charge in [0.2, 0.25) is 5.88 Å². The highest BCUT2D eigenvalue weighted by atomic mass is 35.5. The molecule has 1 N–H and O–H groups in total. The summed E-state index contributed by atoms with van der Waals surface area (Å²) >= 11 is 6.42. The van der Waals surface area contributed by atoms with Gasteiger partial charge < -0.3 is 14.4 Å². The summed E-state index contributed by atoms with van der Waals surface area (Å²) in [6.07, 6.45) is 0. The van der Waals surface area contributed by atoms with Crippen molar-refractivity contribution >= 4 is 22.6 Å². The number of nitrogens with zero attached hydrogens (tertiary/aromatic N) is 5. The van der Waals surface area contributed by atoms with Crippen LogP contribution in [0.25, 0.3) is 22.3 Å². The molecule has 0 spiro atoms. The Balaban J connectivity index is 1.47. The highest BCUT2D eigenvalue weighted by Gasteiger charge is 2.21. The molecule has 1 aliphatic rings. The monoisotopic (exact) mass is 500 g/mol. The largest absolute Gasteiger partial charge is 0.476 e. The SMILES string of the molecule is CN1CCN(CCOc2nc(Oc3ccc(F)cc3F)nc3n[nH]c(-c4ccccc4Cl)c23)CC1. The number of hydrogen-bond donors (Lipinski definition) is 1. The second-order valence-electron chi connectivity index (χ2n) is 8.26. The number of benzene rings is 2. The zero-order valence-electron chi connectivity index (χ0n) is 19.0. The Morgan fingerprint density at radius 2 is 1.86 bits per heavy atom. The van der Waals surface area contributed by atoms with E-state index >= 15 is 0 Å². The molecule has 0 amide bonds. The Kier molecular flexibility index (Phi) is 6.76. The number of likely N-dealkylation sites (N-methyl/N-ethyl adjacent to an activating group) is 1. The van der Waals surface area contributed by atoms with E-state index in [4.69, 9.17) is 21.1 Å². The van der Waals surface area contributed by atoms with Gasteiger partial charge in [0.15, 0.2) is 17.2 Å². The molecule has 0 radical (unpaired) electrons. The molecule has 5 rings (SSSR count). The van der Waals surface area contributed by atoms with Crippen molar-refractivity contribution in [2.45, 2.75) is 0 Å². The molecule has 1 fully saturated rings. The zero-order valence-corrected chi connectivity index (χ0v) is 19.7. The summed E-state index contributed by atoms with van der Waals surface area (Å²) in [5.74, 6) is -1.57. The summed E-state index contributed by atoms with van der Waals surface area (Å²) in [7, 11) is 2.10. The average molecular weight is 501 g/mol. The van der Waals surface area contributed by atoms with Crippen LogP contribution in [0, 0.1) is 11.6 Å². The Morgan fingerprint density at radius 1 is 1.06 bits per heavy atom. The van der Waals surface area contributed by atoms with E-state index in [1.165, 1.54) is 6.07 Å². The Bertz CT molecular complexity index is 1340. The molecule has 1 saturated heterocycles. The molecule has 0 saturated carbocycles. The highest BCUT2D eigenvalue weighted by Crippen LogP contribution is 2.37. The molecule has 2 aromatic carbocycles. The lowest BCUT2D eigenvalue weighted by atomic mass is 10.1. The number of ether oxygens (including phenoxy) is 2. The van der Waals surface area contributed by atoms with E-state index < -0.39 is 11.6 Å². The van der Waals surface area contributed by atoms with Crippen LogP contribution < -0.4 is 9.47 Å². The zero-order chi connectivity index (χ0) is 24.4.